The molecule has 7 nitrogen and oxygen atoms in total. The highest BCUT2D eigenvalue weighted by Gasteiger charge is 2.40. The van der Waals surface area contributed by atoms with E-state index in [0.29, 0.717) is 19.4 Å². The number of aromatic nitrogens is 1. The van der Waals surface area contributed by atoms with Gasteiger partial charge in [-0.1, -0.05) is 13.8 Å². The molecule has 2 aromatic rings. The number of nitrogens with zero attached hydrogens (tertiary/aromatic N) is 2. The first kappa shape index (κ1) is 20.5. The molecule has 0 amide bonds. The van der Waals surface area contributed by atoms with Crippen LogP contribution in [0.25, 0.3) is 10.9 Å². The lowest BCUT2D eigenvalue weighted by Gasteiger charge is -2.26. The molecule has 3 N–H and O–H groups in total. The molecule has 1 saturated heterocycles. The van der Waals surface area contributed by atoms with Crippen molar-refractivity contribution in [2.45, 2.75) is 45.4 Å². The number of nitrogens with two attached hydrogens (primary N) is 1. The van der Waals surface area contributed by atoms with E-state index in [1.807, 2.05) is 13.8 Å². The van der Waals surface area contributed by atoms with E-state index in [9.17, 15) is 23.5 Å². The summed E-state index contributed by atoms with van der Waals surface area (Å²) in [7, 11) is 0. The molecule has 1 saturated carbocycles. The molecule has 162 valence electrons. The van der Waals surface area contributed by atoms with Crippen molar-refractivity contribution in [3.63, 3.8) is 0 Å². The Kier molecular flexibility index (Phi) is 4.72. The summed E-state index contributed by atoms with van der Waals surface area (Å²) in [6, 6.07) is 0.404. The average molecular weight is 425 g/mol. The smallest absolute Gasteiger partial charge is 0.387 e. The maximum absolute atomic E-state index is 15.2. The Morgan fingerprint density at radius 2 is 2.03 bits per heavy atom. The fourth-order valence-electron chi connectivity index (χ4n) is 4.06. The van der Waals surface area contributed by atoms with E-state index < -0.39 is 40.6 Å². The highest BCUT2D eigenvalue weighted by Crippen LogP contribution is 2.46. The molecule has 30 heavy (non-hydrogen) atoms. The van der Waals surface area contributed by atoms with Crippen LogP contribution >= 0.6 is 0 Å². The fraction of sp³-hybridized carbons (Fsp3) is 0.500. The number of pyridine rings is 1. The van der Waals surface area contributed by atoms with Gasteiger partial charge >= 0.3 is 12.6 Å². The van der Waals surface area contributed by atoms with Crippen LogP contribution in [0, 0.1) is 11.2 Å². The zero-order chi connectivity index (χ0) is 22.0. The molecular weight excluding hydrogens is 403 g/mol. The molecule has 1 aliphatic heterocycles. The molecule has 10 heteroatoms. The first-order chi connectivity index (χ1) is 14.0. The van der Waals surface area contributed by atoms with Gasteiger partial charge in [-0.15, -0.1) is 0 Å². The Morgan fingerprint density at radius 1 is 1.37 bits per heavy atom. The van der Waals surface area contributed by atoms with Crippen molar-refractivity contribution < 1.29 is 27.8 Å². The summed E-state index contributed by atoms with van der Waals surface area (Å²) in [5, 5.41) is 9.07. The van der Waals surface area contributed by atoms with Gasteiger partial charge in [0.15, 0.2) is 11.6 Å². The van der Waals surface area contributed by atoms with Gasteiger partial charge in [0.2, 0.25) is 5.43 Å². The number of carbonyl (C=O) groups is 1. The van der Waals surface area contributed by atoms with E-state index in [0.717, 1.165) is 12.3 Å². The minimum absolute atomic E-state index is 0.0255. The second kappa shape index (κ2) is 6.90. The lowest BCUT2D eigenvalue weighted by atomic mass is 9.89. The van der Waals surface area contributed by atoms with Crippen LogP contribution in [0.4, 0.5) is 18.9 Å². The monoisotopic (exact) mass is 425 g/mol. The van der Waals surface area contributed by atoms with Gasteiger partial charge in [-0.3, -0.25) is 4.79 Å². The van der Waals surface area contributed by atoms with Gasteiger partial charge < -0.3 is 25.0 Å². The summed E-state index contributed by atoms with van der Waals surface area (Å²) in [5.41, 5.74) is 4.04. The summed E-state index contributed by atoms with van der Waals surface area (Å²) in [6.07, 6.45) is 2.49. The Hall–Kier alpha value is -2.75. The molecule has 2 heterocycles. The number of carboxylic acid groups (broad SMARTS) is 1. The lowest BCUT2D eigenvalue weighted by Crippen LogP contribution is -2.35. The van der Waals surface area contributed by atoms with Crippen LogP contribution in [0.5, 0.6) is 5.75 Å². The van der Waals surface area contributed by atoms with E-state index in [1.54, 1.807) is 4.90 Å². The summed E-state index contributed by atoms with van der Waals surface area (Å²) < 4.78 is 48.2. The van der Waals surface area contributed by atoms with E-state index >= 15 is 4.39 Å². The summed E-state index contributed by atoms with van der Waals surface area (Å²) in [5.74, 6) is -2.87. The van der Waals surface area contributed by atoms with Crippen LogP contribution in [0.15, 0.2) is 17.1 Å². The maximum Gasteiger partial charge on any atom is 0.387 e. The molecule has 4 rings (SSSR count). The highest BCUT2D eigenvalue weighted by molar-refractivity contribution is 5.97. The largest absolute Gasteiger partial charge is 0.477 e. The number of hydrogen-bond donors (Lipinski definition) is 2. The topological polar surface area (TPSA) is 97.8 Å². The van der Waals surface area contributed by atoms with E-state index in [1.165, 1.54) is 4.57 Å². The first-order valence-corrected chi connectivity index (χ1v) is 9.61. The van der Waals surface area contributed by atoms with Gasteiger partial charge in [0.05, 0.1) is 10.9 Å². The SMILES string of the molecule is CC1(C)CN(c2c(F)cc3c(=O)c(C(=O)O)cn(C4CC4)c3c2OC(F)F)C[C@@H]1N. The van der Waals surface area contributed by atoms with Gasteiger partial charge in [0.25, 0.3) is 0 Å². The molecular formula is C20H22F3N3O4. The van der Waals surface area contributed by atoms with Crippen molar-refractivity contribution in [2.75, 3.05) is 18.0 Å². The molecule has 1 aromatic heterocycles. The first-order valence-electron chi connectivity index (χ1n) is 9.61. The third-order valence-corrected chi connectivity index (χ3v) is 5.91. The molecule has 2 aliphatic rings. The van der Waals surface area contributed by atoms with Crippen LogP contribution in [-0.4, -0.2) is 41.4 Å². The molecule has 2 fully saturated rings. The standard InChI is InChI=1S/C20H22F3N3O4/c1-20(2)8-25(7-13(20)24)15-12(21)5-10-14(17(15)30-19(22)23)26(9-3-4-9)6-11(16(10)27)18(28)29/h5-6,9,13,19H,3-4,7-8,24H2,1-2H3,(H,28,29)/t13-/m0/s1. The number of carboxylic acids is 1. The normalized spacial score (nSPS) is 20.9. The Morgan fingerprint density at radius 3 is 2.53 bits per heavy atom. The Bertz CT molecular complexity index is 1100. The van der Waals surface area contributed by atoms with Crippen molar-refractivity contribution in [2.24, 2.45) is 11.1 Å². The maximum atomic E-state index is 15.2. The molecule has 0 bridgehead atoms. The Labute approximate surface area is 169 Å². The molecule has 1 atom stereocenters. The molecule has 0 unspecified atom stereocenters. The summed E-state index contributed by atoms with van der Waals surface area (Å²) in [4.78, 5) is 25.8. The van der Waals surface area contributed by atoms with Crippen molar-refractivity contribution >= 4 is 22.6 Å². The van der Waals surface area contributed by atoms with Gasteiger partial charge in [0.1, 0.15) is 11.3 Å². The quantitative estimate of drug-likeness (QED) is 0.765. The number of rotatable bonds is 5. The van der Waals surface area contributed by atoms with Crippen LogP contribution < -0.4 is 20.8 Å². The van der Waals surface area contributed by atoms with E-state index in [-0.39, 0.29) is 35.2 Å². The van der Waals surface area contributed by atoms with Crippen LogP contribution in [0.3, 0.4) is 0 Å². The molecule has 1 aliphatic carbocycles. The number of alkyl halides is 2. The number of hydrogen-bond acceptors (Lipinski definition) is 5. The lowest BCUT2D eigenvalue weighted by molar-refractivity contribution is -0.0488. The summed E-state index contributed by atoms with van der Waals surface area (Å²) >= 11 is 0. The fourth-order valence-corrected chi connectivity index (χ4v) is 4.06. The zero-order valence-corrected chi connectivity index (χ0v) is 16.5. The number of aromatic carboxylic acids is 1. The van der Waals surface area contributed by atoms with Gasteiger partial charge in [-0.25, -0.2) is 9.18 Å². The van der Waals surface area contributed by atoms with E-state index in [4.69, 9.17) is 10.5 Å². The van der Waals surface area contributed by atoms with Crippen molar-refractivity contribution in [1.29, 1.82) is 0 Å². The second-order valence-corrected chi connectivity index (χ2v) is 8.60. The minimum atomic E-state index is -3.26. The third kappa shape index (κ3) is 3.28. The minimum Gasteiger partial charge on any atom is -0.477 e. The number of fused-ring (bicyclic) bond motifs is 1. The average Bonchev–Trinajstić information content (AvgIpc) is 3.42. The molecule has 1 aromatic carbocycles. The van der Waals surface area contributed by atoms with Crippen LogP contribution in [0.2, 0.25) is 0 Å². The highest BCUT2D eigenvalue weighted by atomic mass is 19.3. The number of anilines is 1. The summed E-state index contributed by atoms with van der Waals surface area (Å²) in [6.45, 7) is 1.04. The second-order valence-electron chi connectivity index (χ2n) is 8.60. The molecule has 0 radical (unpaired) electrons. The number of halogens is 3. The van der Waals surface area contributed by atoms with Crippen LogP contribution in [0.1, 0.15) is 43.1 Å². The van der Waals surface area contributed by atoms with Gasteiger partial charge in [0, 0.05) is 31.4 Å². The van der Waals surface area contributed by atoms with Crippen molar-refractivity contribution in [3.8, 4) is 5.75 Å². The number of benzene rings is 1. The molecule has 0 spiro atoms. The van der Waals surface area contributed by atoms with Crippen molar-refractivity contribution in [3.05, 3.63) is 33.9 Å². The van der Waals surface area contributed by atoms with E-state index in [2.05, 4.69) is 0 Å². The van der Waals surface area contributed by atoms with Crippen LogP contribution in [-0.2, 0) is 0 Å². The van der Waals surface area contributed by atoms with Crippen molar-refractivity contribution in [1.82, 2.24) is 4.57 Å². The van der Waals surface area contributed by atoms with Gasteiger partial charge in [-0.05, 0) is 24.3 Å². The van der Waals surface area contributed by atoms with Gasteiger partial charge in [-0.2, -0.15) is 8.78 Å². The Balaban J connectivity index is 2.05. The zero-order valence-electron chi connectivity index (χ0n) is 16.5. The third-order valence-electron chi connectivity index (χ3n) is 5.91. The number of ether oxygens (including phenoxy) is 1. The predicted molar refractivity (Wildman–Crippen MR) is 104 cm³/mol. The predicted octanol–water partition coefficient (Wildman–Crippen LogP) is 2.95.